The van der Waals surface area contributed by atoms with Crippen LogP contribution in [0.3, 0.4) is 0 Å². The Kier molecular flexibility index (Phi) is 3.51. The van der Waals surface area contributed by atoms with Crippen molar-refractivity contribution in [3.8, 4) is 0 Å². The highest BCUT2D eigenvalue weighted by Crippen LogP contribution is 2.20. The minimum atomic E-state index is -0.565. The maximum Gasteiger partial charge on any atom is 0.133 e. The van der Waals surface area contributed by atoms with Crippen LogP contribution in [-0.4, -0.2) is 6.21 Å². The van der Waals surface area contributed by atoms with Crippen molar-refractivity contribution in [1.82, 2.24) is 0 Å². The van der Waals surface area contributed by atoms with Crippen LogP contribution in [0.25, 0.3) is 5.57 Å². The standard InChI is InChI=1S/C11H11F2N/c1-3-14-7-8(2)11-9(12)5-4-6-10(11)13/h3-7H,1-2H3/b8-7+,14-3-. The van der Waals surface area contributed by atoms with Gasteiger partial charge in [0.25, 0.3) is 0 Å². The van der Waals surface area contributed by atoms with Gasteiger partial charge in [0.1, 0.15) is 11.6 Å². The summed E-state index contributed by atoms with van der Waals surface area (Å²) in [4.78, 5) is 3.81. The van der Waals surface area contributed by atoms with Gasteiger partial charge < -0.3 is 0 Å². The van der Waals surface area contributed by atoms with Gasteiger partial charge in [0, 0.05) is 12.4 Å². The van der Waals surface area contributed by atoms with Gasteiger partial charge in [0.2, 0.25) is 0 Å². The van der Waals surface area contributed by atoms with E-state index in [2.05, 4.69) is 4.99 Å². The lowest BCUT2D eigenvalue weighted by Crippen LogP contribution is -1.91. The van der Waals surface area contributed by atoms with Crippen LogP contribution in [0.2, 0.25) is 0 Å². The maximum absolute atomic E-state index is 13.2. The summed E-state index contributed by atoms with van der Waals surface area (Å²) in [6, 6.07) is 3.79. The van der Waals surface area contributed by atoms with Crippen molar-refractivity contribution >= 4 is 11.8 Å². The molecule has 0 fully saturated rings. The SMILES string of the molecule is C/C=N\C=C(/C)c1c(F)cccc1F. The van der Waals surface area contributed by atoms with Gasteiger partial charge in [-0.2, -0.15) is 0 Å². The van der Waals surface area contributed by atoms with Crippen molar-refractivity contribution in [3.05, 3.63) is 41.6 Å². The molecule has 0 unspecified atom stereocenters. The summed E-state index contributed by atoms with van der Waals surface area (Å²) in [6.45, 7) is 3.36. The zero-order valence-electron chi connectivity index (χ0n) is 8.09. The first-order valence-corrected chi connectivity index (χ1v) is 4.25. The second kappa shape index (κ2) is 4.65. The van der Waals surface area contributed by atoms with Crippen LogP contribution in [0.5, 0.6) is 0 Å². The quantitative estimate of drug-likeness (QED) is 0.641. The molecule has 0 heterocycles. The van der Waals surface area contributed by atoms with Crippen molar-refractivity contribution < 1.29 is 8.78 Å². The topological polar surface area (TPSA) is 12.4 Å². The maximum atomic E-state index is 13.2. The Morgan fingerprint density at radius 1 is 1.29 bits per heavy atom. The van der Waals surface area contributed by atoms with Crippen LogP contribution >= 0.6 is 0 Å². The van der Waals surface area contributed by atoms with Crippen molar-refractivity contribution in [1.29, 1.82) is 0 Å². The molecule has 0 aliphatic heterocycles. The van der Waals surface area contributed by atoms with Gasteiger partial charge >= 0.3 is 0 Å². The second-order valence-electron chi connectivity index (χ2n) is 2.82. The number of halogens is 2. The largest absolute Gasteiger partial charge is 0.269 e. The summed E-state index contributed by atoms with van der Waals surface area (Å²) in [5, 5.41) is 0. The molecule has 0 radical (unpaired) electrons. The zero-order valence-corrected chi connectivity index (χ0v) is 8.09. The van der Waals surface area contributed by atoms with Crippen LogP contribution < -0.4 is 0 Å². The van der Waals surface area contributed by atoms with Crippen LogP contribution in [0.15, 0.2) is 29.4 Å². The molecular weight excluding hydrogens is 184 g/mol. The number of aliphatic imine (C=N–C) groups is 1. The van der Waals surface area contributed by atoms with Crippen LogP contribution in [-0.2, 0) is 0 Å². The summed E-state index contributed by atoms with van der Waals surface area (Å²) >= 11 is 0. The molecule has 0 aliphatic carbocycles. The molecule has 0 amide bonds. The number of hydrogen-bond donors (Lipinski definition) is 0. The predicted molar refractivity (Wildman–Crippen MR) is 54.2 cm³/mol. The van der Waals surface area contributed by atoms with Gasteiger partial charge in [0.15, 0.2) is 0 Å². The molecule has 0 aromatic heterocycles. The minimum absolute atomic E-state index is 0.0156. The fourth-order valence-corrected chi connectivity index (χ4v) is 1.13. The third kappa shape index (κ3) is 2.25. The monoisotopic (exact) mass is 195 g/mol. The average Bonchev–Trinajstić information content (AvgIpc) is 2.14. The third-order valence-electron chi connectivity index (χ3n) is 1.77. The van der Waals surface area contributed by atoms with Crippen molar-refractivity contribution in [2.24, 2.45) is 4.99 Å². The van der Waals surface area contributed by atoms with Crippen LogP contribution in [0, 0.1) is 11.6 Å². The Hall–Kier alpha value is -1.51. The van der Waals surface area contributed by atoms with E-state index < -0.39 is 11.6 Å². The molecule has 0 saturated heterocycles. The molecule has 0 spiro atoms. The van der Waals surface area contributed by atoms with E-state index in [0.717, 1.165) is 0 Å². The summed E-state index contributed by atoms with van der Waals surface area (Å²) in [7, 11) is 0. The van der Waals surface area contributed by atoms with Gasteiger partial charge in [0.05, 0.1) is 5.56 Å². The molecular formula is C11H11F2N. The second-order valence-corrected chi connectivity index (χ2v) is 2.82. The molecule has 1 nitrogen and oxygen atoms in total. The third-order valence-corrected chi connectivity index (χ3v) is 1.77. The molecule has 0 aliphatic rings. The predicted octanol–water partition coefficient (Wildman–Crippen LogP) is 3.42. The molecule has 0 N–H and O–H groups in total. The van der Waals surface area contributed by atoms with Gasteiger partial charge in [-0.1, -0.05) is 6.07 Å². The molecule has 14 heavy (non-hydrogen) atoms. The van der Waals surface area contributed by atoms with Crippen molar-refractivity contribution in [3.63, 3.8) is 0 Å². The lowest BCUT2D eigenvalue weighted by molar-refractivity contribution is 0.577. The molecule has 1 aromatic rings. The van der Waals surface area contributed by atoms with Crippen LogP contribution in [0.1, 0.15) is 19.4 Å². The normalized spacial score (nSPS) is 12.4. The highest BCUT2D eigenvalue weighted by Gasteiger charge is 2.09. The molecule has 74 valence electrons. The average molecular weight is 195 g/mol. The fraction of sp³-hybridized carbons (Fsp3) is 0.182. The van der Waals surface area contributed by atoms with Gasteiger partial charge in [-0.3, -0.25) is 4.99 Å². The van der Waals surface area contributed by atoms with E-state index in [9.17, 15) is 8.78 Å². The van der Waals surface area contributed by atoms with E-state index in [0.29, 0.717) is 5.57 Å². The molecule has 1 aromatic carbocycles. The van der Waals surface area contributed by atoms with Crippen molar-refractivity contribution in [2.45, 2.75) is 13.8 Å². The van der Waals surface area contributed by atoms with E-state index in [1.807, 2.05) is 0 Å². The molecule has 0 saturated carbocycles. The van der Waals surface area contributed by atoms with Gasteiger partial charge in [-0.25, -0.2) is 8.78 Å². The molecule has 0 atom stereocenters. The summed E-state index contributed by atoms with van der Waals surface area (Å²) in [6.07, 6.45) is 2.99. The van der Waals surface area contributed by atoms with E-state index in [1.165, 1.54) is 24.4 Å². The summed E-state index contributed by atoms with van der Waals surface area (Å²) in [5.74, 6) is -1.13. The zero-order chi connectivity index (χ0) is 10.6. The van der Waals surface area contributed by atoms with Gasteiger partial charge in [-0.15, -0.1) is 0 Å². The number of allylic oxidation sites excluding steroid dienone is 1. The lowest BCUT2D eigenvalue weighted by Gasteiger charge is -2.03. The molecule has 1 rings (SSSR count). The molecule has 3 heteroatoms. The molecule has 0 bridgehead atoms. The fourth-order valence-electron chi connectivity index (χ4n) is 1.13. The Bertz CT molecular complexity index is 361. The first-order valence-electron chi connectivity index (χ1n) is 4.25. The smallest absolute Gasteiger partial charge is 0.133 e. The first-order chi connectivity index (χ1) is 6.66. The van der Waals surface area contributed by atoms with E-state index >= 15 is 0 Å². The summed E-state index contributed by atoms with van der Waals surface area (Å²) < 4.78 is 26.4. The Morgan fingerprint density at radius 3 is 2.36 bits per heavy atom. The van der Waals surface area contributed by atoms with Crippen LogP contribution in [0.4, 0.5) is 8.78 Å². The number of hydrogen-bond acceptors (Lipinski definition) is 1. The highest BCUT2D eigenvalue weighted by molar-refractivity contribution is 5.66. The Morgan fingerprint density at radius 2 is 1.86 bits per heavy atom. The van der Waals surface area contributed by atoms with E-state index in [1.54, 1.807) is 20.1 Å². The number of nitrogens with zero attached hydrogens (tertiary/aromatic N) is 1. The number of rotatable bonds is 2. The van der Waals surface area contributed by atoms with E-state index in [4.69, 9.17) is 0 Å². The Balaban J connectivity index is 3.18. The highest BCUT2D eigenvalue weighted by atomic mass is 19.1. The van der Waals surface area contributed by atoms with Crippen molar-refractivity contribution in [2.75, 3.05) is 0 Å². The summed E-state index contributed by atoms with van der Waals surface area (Å²) in [5.41, 5.74) is 0.455. The number of benzene rings is 1. The Labute approximate surface area is 81.8 Å². The minimum Gasteiger partial charge on any atom is -0.269 e. The lowest BCUT2D eigenvalue weighted by atomic mass is 10.1. The van der Waals surface area contributed by atoms with Gasteiger partial charge in [-0.05, 0) is 31.6 Å². The van der Waals surface area contributed by atoms with E-state index in [-0.39, 0.29) is 5.56 Å². The first kappa shape index (κ1) is 10.6.